The number of nitrogens with zero attached hydrogens (tertiary/aromatic N) is 5. The fourth-order valence-corrected chi connectivity index (χ4v) is 3.45. The molecule has 140 valence electrons. The molecule has 2 aromatic rings. The fourth-order valence-electron chi connectivity index (χ4n) is 3.45. The second-order valence-corrected chi connectivity index (χ2v) is 6.77. The van der Waals surface area contributed by atoms with E-state index < -0.39 is 0 Å². The Morgan fingerprint density at radius 1 is 1.27 bits per heavy atom. The molecule has 8 heteroatoms. The Bertz CT molecular complexity index is 800. The summed E-state index contributed by atoms with van der Waals surface area (Å²) in [5, 5.41) is 7.09. The van der Waals surface area contributed by atoms with E-state index in [1.807, 2.05) is 18.7 Å². The Labute approximate surface area is 153 Å². The molecule has 1 saturated heterocycles. The lowest BCUT2D eigenvalue weighted by Crippen LogP contribution is -2.38. The first kappa shape index (κ1) is 18.3. The van der Waals surface area contributed by atoms with Crippen LogP contribution in [0.5, 0.6) is 0 Å². The standard InChI is InChI=1S/C18H26N6O2/c1-13-15(14(2)24-18(22-13)20-12-21-24)7-8-16(25)19-9-11-23-10-5-3-4-6-17(23)26/h12H,3-11H2,1-2H3,(H,19,25). The summed E-state index contributed by atoms with van der Waals surface area (Å²) >= 11 is 0. The van der Waals surface area contributed by atoms with Crippen molar-refractivity contribution in [3.63, 3.8) is 0 Å². The lowest BCUT2D eigenvalue weighted by atomic mass is 10.1. The van der Waals surface area contributed by atoms with Crippen LogP contribution in [0.2, 0.25) is 0 Å². The first-order valence-corrected chi connectivity index (χ1v) is 9.26. The summed E-state index contributed by atoms with van der Waals surface area (Å²) < 4.78 is 1.70. The van der Waals surface area contributed by atoms with Gasteiger partial charge in [0.1, 0.15) is 6.33 Å². The number of nitrogens with one attached hydrogen (secondary N) is 1. The maximum Gasteiger partial charge on any atom is 0.252 e. The van der Waals surface area contributed by atoms with Crippen LogP contribution in [0.4, 0.5) is 0 Å². The maximum absolute atomic E-state index is 12.2. The average Bonchev–Trinajstić information content (AvgIpc) is 2.98. The summed E-state index contributed by atoms with van der Waals surface area (Å²) in [6.45, 7) is 5.79. The van der Waals surface area contributed by atoms with Crippen LogP contribution in [0.15, 0.2) is 6.33 Å². The number of hydrogen-bond acceptors (Lipinski definition) is 5. The van der Waals surface area contributed by atoms with Gasteiger partial charge in [-0.15, -0.1) is 0 Å². The number of fused-ring (bicyclic) bond motifs is 1. The molecule has 0 atom stereocenters. The quantitative estimate of drug-likeness (QED) is 0.837. The van der Waals surface area contributed by atoms with Crippen LogP contribution >= 0.6 is 0 Å². The van der Waals surface area contributed by atoms with E-state index in [-0.39, 0.29) is 11.8 Å². The summed E-state index contributed by atoms with van der Waals surface area (Å²) in [6, 6.07) is 0. The van der Waals surface area contributed by atoms with E-state index >= 15 is 0 Å². The molecule has 2 amide bonds. The lowest BCUT2D eigenvalue weighted by molar-refractivity contribution is -0.131. The van der Waals surface area contributed by atoms with Gasteiger partial charge in [0.25, 0.3) is 5.78 Å². The Kier molecular flexibility index (Phi) is 5.80. The molecule has 2 aromatic heterocycles. The van der Waals surface area contributed by atoms with Gasteiger partial charge in [-0.1, -0.05) is 6.42 Å². The van der Waals surface area contributed by atoms with Gasteiger partial charge in [0, 0.05) is 43.9 Å². The summed E-state index contributed by atoms with van der Waals surface area (Å²) in [7, 11) is 0. The van der Waals surface area contributed by atoms with Crippen LogP contribution in [-0.4, -0.2) is 55.9 Å². The van der Waals surface area contributed by atoms with Crippen molar-refractivity contribution in [1.82, 2.24) is 29.8 Å². The van der Waals surface area contributed by atoms with Crippen molar-refractivity contribution in [2.24, 2.45) is 0 Å². The number of amides is 2. The van der Waals surface area contributed by atoms with Crippen molar-refractivity contribution in [2.45, 2.75) is 52.4 Å². The topological polar surface area (TPSA) is 92.5 Å². The third-order valence-corrected chi connectivity index (χ3v) is 4.97. The molecule has 0 bridgehead atoms. The predicted octanol–water partition coefficient (Wildman–Crippen LogP) is 1.19. The summed E-state index contributed by atoms with van der Waals surface area (Å²) in [6.07, 6.45) is 6.24. The van der Waals surface area contributed by atoms with Crippen molar-refractivity contribution in [1.29, 1.82) is 0 Å². The molecule has 0 aliphatic carbocycles. The summed E-state index contributed by atoms with van der Waals surface area (Å²) in [5.74, 6) is 0.773. The molecule has 0 spiro atoms. The first-order chi connectivity index (χ1) is 12.6. The van der Waals surface area contributed by atoms with Gasteiger partial charge in [-0.2, -0.15) is 10.1 Å². The normalized spacial score (nSPS) is 15.3. The van der Waals surface area contributed by atoms with Crippen LogP contribution in [0.25, 0.3) is 5.78 Å². The van der Waals surface area contributed by atoms with Gasteiger partial charge in [0.15, 0.2) is 0 Å². The van der Waals surface area contributed by atoms with Crippen molar-refractivity contribution in [2.75, 3.05) is 19.6 Å². The average molecular weight is 358 g/mol. The number of carbonyl (C=O) groups is 2. The van der Waals surface area contributed by atoms with Crippen LogP contribution in [0.3, 0.4) is 0 Å². The number of aryl methyl sites for hydroxylation is 2. The fraction of sp³-hybridized carbons (Fsp3) is 0.611. The number of rotatable bonds is 6. The largest absolute Gasteiger partial charge is 0.354 e. The highest BCUT2D eigenvalue weighted by atomic mass is 16.2. The molecule has 1 aliphatic heterocycles. The Hall–Kier alpha value is -2.51. The molecule has 0 unspecified atom stereocenters. The molecule has 1 N–H and O–H groups in total. The molecule has 26 heavy (non-hydrogen) atoms. The predicted molar refractivity (Wildman–Crippen MR) is 96.6 cm³/mol. The molecule has 3 heterocycles. The van der Waals surface area contributed by atoms with Crippen LogP contribution in [-0.2, 0) is 16.0 Å². The number of hydrogen-bond donors (Lipinski definition) is 1. The van der Waals surface area contributed by atoms with Crippen molar-refractivity contribution in [3.05, 3.63) is 23.3 Å². The van der Waals surface area contributed by atoms with E-state index in [2.05, 4.69) is 20.4 Å². The van der Waals surface area contributed by atoms with Crippen LogP contribution in [0.1, 0.15) is 49.1 Å². The first-order valence-electron chi connectivity index (χ1n) is 9.26. The smallest absolute Gasteiger partial charge is 0.252 e. The highest BCUT2D eigenvalue weighted by Crippen LogP contribution is 2.15. The zero-order valence-electron chi connectivity index (χ0n) is 15.5. The molecule has 0 radical (unpaired) electrons. The highest BCUT2D eigenvalue weighted by molar-refractivity contribution is 5.77. The van der Waals surface area contributed by atoms with Gasteiger partial charge in [0.2, 0.25) is 11.8 Å². The zero-order valence-corrected chi connectivity index (χ0v) is 15.5. The van der Waals surface area contributed by atoms with E-state index in [1.54, 1.807) is 4.52 Å². The minimum atomic E-state index is -0.00948. The minimum absolute atomic E-state index is 0.00948. The van der Waals surface area contributed by atoms with Gasteiger partial charge < -0.3 is 10.2 Å². The third kappa shape index (κ3) is 4.17. The van der Waals surface area contributed by atoms with E-state index in [0.717, 1.165) is 42.8 Å². The van der Waals surface area contributed by atoms with Crippen molar-refractivity contribution < 1.29 is 9.59 Å². The molecule has 8 nitrogen and oxygen atoms in total. The van der Waals surface area contributed by atoms with Gasteiger partial charge in [-0.05, 0) is 38.7 Å². The molecule has 3 rings (SSSR count). The van der Waals surface area contributed by atoms with Gasteiger partial charge in [-0.25, -0.2) is 9.50 Å². The summed E-state index contributed by atoms with van der Waals surface area (Å²) in [5.41, 5.74) is 2.87. The SMILES string of the molecule is Cc1nc2ncnn2c(C)c1CCC(=O)NCCN1CCCCCC1=O. The third-order valence-electron chi connectivity index (χ3n) is 4.97. The number of aromatic nitrogens is 4. The van der Waals surface area contributed by atoms with E-state index in [9.17, 15) is 9.59 Å². The zero-order chi connectivity index (χ0) is 18.5. The second-order valence-electron chi connectivity index (χ2n) is 6.77. The van der Waals surface area contributed by atoms with E-state index in [4.69, 9.17) is 0 Å². The van der Waals surface area contributed by atoms with Crippen LogP contribution < -0.4 is 5.32 Å². The lowest BCUT2D eigenvalue weighted by Gasteiger charge is -2.20. The van der Waals surface area contributed by atoms with Gasteiger partial charge in [0.05, 0.1) is 0 Å². The molecule has 0 saturated carbocycles. The number of likely N-dealkylation sites (tertiary alicyclic amines) is 1. The minimum Gasteiger partial charge on any atom is -0.354 e. The Morgan fingerprint density at radius 3 is 2.96 bits per heavy atom. The van der Waals surface area contributed by atoms with E-state index in [0.29, 0.717) is 38.1 Å². The van der Waals surface area contributed by atoms with Gasteiger partial charge in [-0.3, -0.25) is 9.59 Å². The van der Waals surface area contributed by atoms with Crippen LogP contribution in [0, 0.1) is 13.8 Å². The molecule has 1 aliphatic rings. The molecular formula is C18H26N6O2. The van der Waals surface area contributed by atoms with Crippen molar-refractivity contribution in [3.8, 4) is 0 Å². The maximum atomic E-state index is 12.2. The molecule has 0 aromatic carbocycles. The molecule has 1 fully saturated rings. The molecular weight excluding hydrogens is 332 g/mol. The number of carbonyl (C=O) groups excluding carboxylic acids is 2. The Balaban J connectivity index is 1.49. The monoisotopic (exact) mass is 358 g/mol. The highest BCUT2D eigenvalue weighted by Gasteiger charge is 2.16. The summed E-state index contributed by atoms with van der Waals surface area (Å²) in [4.78, 5) is 34.5. The second kappa shape index (κ2) is 8.25. The van der Waals surface area contributed by atoms with E-state index in [1.165, 1.54) is 6.33 Å². The van der Waals surface area contributed by atoms with Gasteiger partial charge >= 0.3 is 0 Å². The Morgan fingerprint density at radius 2 is 2.12 bits per heavy atom. The van der Waals surface area contributed by atoms with Crippen molar-refractivity contribution >= 4 is 17.6 Å².